The molecule has 0 saturated carbocycles. The first-order valence-corrected chi connectivity index (χ1v) is 11.3. The van der Waals surface area contributed by atoms with E-state index in [0.717, 1.165) is 12.1 Å². The molecule has 2 aromatic carbocycles. The van der Waals surface area contributed by atoms with E-state index in [1.54, 1.807) is 0 Å². The number of halogens is 4. The molecule has 7 nitrogen and oxygen atoms in total. The minimum Gasteiger partial charge on any atom is -0.391 e. The summed E-state index contributed by atoms with van der Waals surface area (Å²) in [6, 6.07) is 10.0. The molecule has 1 aliphatic rings. The van der Waals surface area contributed by atoms with Crippen molar-refractivity contribution in [2.24, 2.45) is 5.14 Å². The predicted molar refractivity (Wildman–Crippen MR) is 112 cm³/mol. The average molecular weight is 482 g/mol. The van der Waals surface area contributed by atoms with Gasteiger partial charge >= 0.3 is 6.18 Å². The number of hydrogen-bond acceptors (Lipinski definition) is 6. The SMILES string of the molecule is NS(=O)(=O)c1cccc(-c2c(-c3ccc(F)cc3)nc(C(F)(F)F)nc2N2CC[C@@H](O)C2)c1. The third kappa shape index (κ3) is 4.82. The van der Waals surface area contributed by atoms with Crippen LogP contribution in [0.2, 0.25) is 0 Å². The van der Waals surface area contributed by atoms with Crippen LogP contribution in [0.5, 0.6) is 0 Å². The zero-order chi connectivity index (χ0) is 24.0. The molecular formula is C21H18F4N4O3S. The molecular weight excluding hydrogens is 464 g/mol. The third-order valence-electron chi connectivity index (χ3n) is 5.18. The number of benzene rings is 2. The summed E-state index contributed by atoms with van der Waals surface area (Å²) in [6.45, 7) is 0.249. The molecule has 1 aromatic heterocycles. The summed E-state index contributed by atoms with van der Waals surface area (Å²) in [4.78, 5) is 8.72. The lowest BCUT2D eigenvalue weighted by atomic mass is 9.99. The zero-order valence-electron chi connectivity index (χ0n) is 16.9. The summed E-state index contributed by atoms with van der Waals surface area (Å²) in [5.74, 6) is -2.13. The molecule has 4 rings (SSSR count). The summed E-state index contributed by atoms with van der Waals surface area (Å²) in [5.41, 5.74) is 0.307. The highest BCUT2D eigenvalue weighted by atomic mass is 32.2. The second kappa shape index (κ2) is 8.36. The predicted octanol–water partition coefficient (Wildman–Crippen LogP) is 3.19. The van der Waals surface area contributed by atoms with Crippen molar-refractivity contribution in [3.63, 3.8) is 0 Å². The first kappa shape index (κ1) is 23.1. The van der Waals surface area contributed by atoms with Crippen LogP contribution in [0.15, 0.2) is 53.4 Å². The summed E-state index contributed by atoms with van der Waals surface area (Å²) >= 11 is 0. The maximum absolute atomic E-state index is 13.7. The Morgan fingerprint density at radius 2 is 1.76 bits per heavy atom. The molecule has 1 fully saturated rings. The van der Waals surface area contributed by atoms with Gasteiger partial charge in [0.15, 0.2) is 0 Å². The van der Waals surface area contributed by atoms with Crippen LogP contribution in [-0.4, -0.2) is 42.7 Å². The van der Waals surface area contributed by atoms with E-state index < -0.39 is 33.9 Å². The number of β-amino-alcohol motifs (C(OH)–C–C–N with tert-alkyl or cyclic N) is 1. The molecule has 3 N–H and O–H groups in total. The van der Waals surface area contributed by atoms with Crippen molar-refractivity contribution in [3.05, 3.63) is 60.2 Å². The molecule has 0 amide bonds. The smallest absolute Gasteiger partial charge is 0.391 e. The highest BCUT2D eigenvalue weighted by Gasteiger charge is 2.38. The molecule has 1 aliphatic heterocycles. The molecule has 3 aromatic rings. The second-order valence-corrected chi connectivity index (χ2v) is 9.12. The molecule has 1 atom stereocenters. The number of nitrogens with zero attached hydrogens (tertiary/aromatic N) is 3. The van der Waals surface area contributed by atoms with Gasteiger partial charge in [-0.25, -0.2) is 27.9 Å². The van der Waals surface area contributed by atoms with Gasteiger partial charge in [0.25, 0.3) is 0 Å². The molecule has 1 saturated heterocycles. The van der Waals surface area contributed by atoms with Crippen LogP contribution in [0.4, 0.5) is 23.4 Å². The van der Waals surface area contributed by atoms with Crippen molar-refractivity contribution in [2.45, 2.75) is 23.6 Å². The fourth-order valence-corrected chi connectivity index (χ4v) is 4.21. The van der Waals surface area contributed by atoms with E-state index in [2.05, 4.69) is 9.97 Å². The van der Waals surface area contributed by atoms with Crippen molar-refractivity contribution in [1.82, 2.24) is 9.97 Å². The van der Waals surface area contributed by atoms with Crippen molar-refractivity contribution in [1.29, 1.82) is 0 Å². The Kier molecular flexibility index (Phi) is 5.85. The van der Waals surface area contributed by atoms with Crippen molar-refractivity contribution < 1.29 is 31.1 Å². The zero-order valence-corrected chi connectivity index (χ0v) is 17.7. The number of alkyl halides is 3. The Morgan fingerprint density at radius 1 is 1.06 bits per heavy atom. The molecule has 0 bridgehead atoms. The Bertz CT molecular complexity index is 1300. The number of sulfonamides is 1. The van der Waals surface area contributed by atoms with E-state index in [1.807, 2.05) is 0 Å². The maximum atomic E-state index is 13.7. The monoisotopic (exact) mass is 482 g/mol. The van der Waals surface area contributed by atoms with Crippen LogP contribution in [0.25, 0.3) is 22.4 Å². The fourth-order valence-electron chi connectivity index (χ4n) is 3.65. The van der Waals surface area contributed by atoms with E-state index in [4.69, 9.17) is 5.14 Å². The summed E-state index contributed by atoms with van der Waals surface area (Å²) in [7, 11) is -4.11. The maximum Gasteiger partial charge on any atom is 0.451 e. The van der Waals surface area contributed by atoms with Gasteiger partial charge in [-0.05, 0) is 48.4 Å². The second-order valence-electron chi connectivity index (χ2n) is 7.56. The van der Waals surface area contributed by atoms with E-state index in [0.29, 0.717) is 6.42 Å². The number of anilines is 1. The van der Waals surface area contributed by atoms with Crippen molar-refractivity contribution in [3.8, 4) is 22.4 Å². The Balaban J connectivity index is 2.06. The van der Waals surface area contributed by atoms with E-state index in [9.17, 15) is 31.1 Å². The molecule has 0 unspecified atom stereocenters. The average Bonchev–Trinajstić information content (AvgIpc) is 3.18. The van der Waals surface area contributed by atoms with Crippen LogP contribution < -0.4 is 10.0 Å². The fraction of sp³-hybridized carbons (Fsp3) is 0.238. The lowest BCUT2D eigenvalue weighted by Crippen LogP contribution is -2.25. The van der Waals surface area contributed by atoms with Gasteiger partial charge in [0.05, 0.1) is 22.3 Å². The Labute approximate surface area is 186 Å². The van der Waals surface area contributed by atoms with Crippen molar-refractivity contribution >= 4 is 15.8 Å². The van der Waals surface area contributed by atoms with Crippen LogP contribution in [-0.2, 0) is 16.2 Å². The molecule has 0 aliphatic carbocycles. The standard InChI is InChI=1S/C21H18F4N4O3S/c22-14-6-4-12(5-7-14)18-17(13-2-1-3-16(10-13)33(26,31)32)19(29-9-8-15(30)11-29)28-20(27-18)21(23,24)25/h1-7,10,15,30H,8-9,11H2,(H2,26,31,32)/t15-/m1/s1. The van der Waals surface area contributed by atoms with E-state index in [1.165, 1.54) is 41.3 Å². The van der Waals surface area contributed by atoms with Crippen molar-refractivity contribution in [2.75, 3.05) is 18.0 Å². The van der Waals surface area contributed by atoms with Gasteiger partial charge in [-0.2, -0.15) is 13.2 Å². The molecule has 0 spiro atoms. The van der Waals surface area contributed by atoms with Gasteiger partial charge < -0.3 is 10.0 Å². The minimum atomic E-state index is -4.89. The number of hydrogen-bond donors (Lipinski definition) is 2. The Morgan fingerprint density at radius 3 is 2.33 bits per heavy atom. The number of aliphatic hydroxyl groups excluding tert-OH is 1. The molecule has 33 heavy (non-hydrogen) atoms. The van der Waals surface area contributed by atoms with E-state index >= 15 is 0 Å². The highest BCUT2D eigenvalue weighted by Crippen LogP contribution is 2.41. The first-order valence-electron chi connectivity index (χ1n) is 9.75. The number of aliphatic hydroxyl groups is 1. The number of primary sulfonamides is 1. The lowest BCUT2D eigenvalue weighted by Gasteiger charge is -2.24. The van der Waals surface area contributed by atoms with E-state index in [-0.39, 0.29) is 46.2 Å². The van der Waals surface area contributed by atoms with Gasteiger partial charge in [-0.1, -0.05) is 12.1 Å². The molecule has 0 radical (unpaired) electrons. The first-order chi connectivity index (χ1) is 15.4. The highest BCUT2D eigenvalue weighted by molar-refractivity contribution is 7.89. The lowest BCUT2D eigenvalue weighted by molar-refractivity contribution is -0.144. The number of rotatable bonds is 4. The minimum absolute atomic E-state index is 0.0268. The summed E-state index contributed by atoms with van der Waals surface area (Å²) < 4.78 is 78.4. The number of aromatic nitrogens is 2. The van der Waals surface area contributed by atoms with Gasteiger partial charge in [0.1, 0.15) is 11.6 Å². The van der Waals surface area contributed by atoms with Gasteiger partial charge in [0, 0.05) is 18.7 Å². The van der Waals surface area contributed by atoms with Gasteiger partial charge in [0.2, 0.25) is 15.8 Å². The molecule has 12 heteroatoms. The number of nitrogens with two attached hydrogens (primary N) is 1. The third-order valence-corrected chi connectivity index (χ3v) is 6.09. The van der Waals surface area contributed by atoms with Crippen LogP contribution in [0, 0.1) is 5.82 Å². The van der Waals surface area contributed by atoms with Crippen LogP contribution in [0.1, 0.15) is 12.2 Å². The van der Waals surface area contributed by atoms with Crippen LogP contribution >= 0.6 is 0 Å². The molecule has 174 valence electrons. The quantitative estimate of drug-likeness (QED) is 0.553. The van der Waals surface area contributed by atoms with Gasteiger partial charge in [-0.3, -0.25) is 0 Å². The topological polar surface area (TPSA) is 109 Å². The normalized spacial score (nSPS) is 16.9. The largest absolute Gasteiger partial charge is 0.451 e. The summed E-state index contributed by atoms with van der Waals surface area (Å²) in [5, 5.41) is 15.2. The van der Waals surface area contributed by atoms with Crippen LogP contribution in [0.3, 0.4) is 0 Å². The Hall–Kier alpha value is -3.09. The van der Waals surface area contributed by atoms with Gasteiger partial charge in [-0.15, -0.1) is 0 Å². The molecule has 2 heterocycles. The summed E-state index contributed by atoms with van der Waals surface area (Å²) in [6.07, 6.45) is -5.34.